The standard InChI is InChI=1S/C49H57FN10O5/c1-30-21-32(9-10-37(30)33-22-36(65-2)27-58(26-33)42-24-41(54-55-45(42)51)38-5-3-4-6-43(38)61)47(63)57-19-14-49(50,15-20-57)29-56-16-11-34(12-17-56)60-28-40(31-7-8-31)39-23-35(25-52-46(39)60)59-18-13-44(62)53-48(59)64/h3-6,9-10,21,23-25,28,31,33-34,36,61H,7-8,11-20,22,26-27,29H2,1-2H3,(H2,51,55)(H,53,62,64)/t33-,36+/m0/s1. The van der Waals surface area contributed by atoms with Gasteiger partial charge in [0.15, 0.2) is 5.82 Å². The molecule has 4 aliphatic heterocycles. The van der Waals surface area contributed by atoms with Gasteiger partial charge in [-0.05, 0) is 98.0 Å². The van der Waals surface area contributed by atoms with Crippen molar-refractivity contribution in [1.82, 2.24) is 34.9 Å². The number of nitrogen functional groups attached to an aromatic ring is 1. The van der Waals surface area contributed by atoms with Crippen LogP contribution < -0.4 is 20.9 Å². The highest BCUT2D eigenvalue weighted by atomic mass is 19.1. The first-order valence-electron chi connectivity index (χ1n) is 23.1. The summed E-state index contributed by atoms with van der Waals surface area (Å²) in [5.74, 6) is 0.655. The van der Waals surface area contributed by atoms with Gasteiger partial charge in [0, 0.05) is 113 Å². The van der Waals surface area contributed by atoms with Gasteiger partial charge in [-0.2, -0.15) is 0 Å². The largest absolute Gasteiger partial charge is 0.507 e. The molecule has 16 heteroatoms. The van der Waals surface area contributed by atoms with Crippen LogP contribution in [0.2, 0.25) is 0 Å². The first kappa shape index (κ1) is 42.8. The molecule has 0 unspecified atom stereocenters. The van der Waals surface area contributed by atoms with Gasteiger partial charge >= 0.3 is 6.03 Å². The summed E-state index contributed by atoms with van der Waals surface area (Å²) < 4.78 is 24.8. The second kappa shape index (κ2) is 17.3. The minimum absolute atomic E-state index is 0.0733. The number of para-hydroxylation sites is 1. The molecule has 5 aromatic rings. The van der Waals surface area contributed by atoms with Crippen molar-refractivity contribution in [1.29, 1.82) is 0 Å². The summed E-state index contributed by atoms with van der Waals surface area (Å²) in [4.78, 5) is 50.9. The number of benzene rings is 2. The van der Waals surface area contributed by atoms with Crippen LogP contribution in [0.4, 0.5) is 26.4 Å². The quantitative estimate of drug-likeness (QED) is 0.136. The van der Waals surface area contributed by atoms with E-state index in [-0.39, 0.29) is 42.0 Å². The first-order chi connectivity index (χ1) is 31.4. The Morgan fingerprint density at radius 3 is 2.46 bits per heavy atom. The number of hydrogen-bond acceptors (Lipinski definition) is 11. The highest BCUT2D eigenvalue weighted by molar-refractivity contribution is 6.06. The number of fused-ring (bicyclic) bond motifs is 1. The number of nitrogens with zero attached hydrogens (tertiary/aromatic N) is 8. The average molecular weight is 885 g/mol. The molecule has 340 valence electrons. The van der Waals surface area contributed by atoms with E-state index in [1.165, 1.54) is 5.56 Å². The molecule has 4 amide bonds. The lowest BCUT2D eigenvalue weighted by Gasteiger charge is -2.41. The predicted molar refractivity (Wildman–Crippen MR) is 246 cm³/mol. The summed E-state index contributed by atoms with van der Waals surface area (Å²) in [6.07, 6.45) is 9.60. The molecule has 0 radical (unpaired) electrons. The zero-order chi connectivity index (χ0) is 45.0. The van der Waals surface area contributed by atoms with Gasteiger partial charge in [-0.15, -0.1) is 10.2 Å². The number of halogens is 1. The van der Waals surface area contributed by atoms with Gasteiger partial charge in [0.05, 0.1) is 29.4 Å². The summed E-state index contributed by atoms with van der Waals surface area (Å²) >= 11 is 0. The second-order valence-corrected chi connectivity index (χ2v) is 18.8. The fourth-order valence-corrected chi connectivity index (χ4v) is 10.7. The molecular weight excluding hydrogens is 828 g/mol. The maximum absolute atomic E-state index is 16.6. The molecule has 3 aromatic heterocycles. The van der Waals surface area contributed by atoms with E-state index in [9.17, 15) is 19.5 Å². The topological polar surface area (TPSA) is 175 Å². The fraction of sp³-hybridized carbons (Fsp3) is 0.469. The van der Waals surface area contributed by atoms with Crippen LogP contribution in [0.1, 0.15) is 96.3 Å². The van der Waals surface area contributed by atoms with Gasteiger partial charge in [-0.1, -0.05) is 18.2 Å². The lowest BCUT2D eigenvalue weighted by Crippen LogP contribution is -2.51. The molecule has 4 N–H and O–H groups in total. The van der Waals surface area contributed by atoms with Gasteiger partial charge in [0.2, 0.25) is 5.91 Å². The number of carbonyl (C=O) groups excluding carboxylic acids is 3. The molecule has 2 aromatic carbocycles. The molecule has 0 bridgehead atoms. The number of aromatic nitrogens is 4. The Kier molecular flexibility index (Phi) is 11.4. The number of amides is 4. The minimum atomic E-state index is -1.37. The molecule has 1 saturated carbocycles. The van der Waals surface area contributed by atoms with Gasteiger partial charge in [0.1, 0.15) is 17.1 Å². The lowest BCUT2D eigenvalue weighted by molar-refractivity contribution is -0.120. The normalized spacial score (nSPS) is 22.1. The van der Waals surface area contributed by atoms with E-state index < -0.39 is 11.7 Å². The Bertz CT molecular complexity index is 2640. The van der Waals surface area contributed by atoms with Gasteiger partial charge in [0.25, 0.3) is 5.91 Å². The molecular formula is C49H57FN10O5. The molecule has 0 spiro atoms. The molecule has 10 rings (SSSR count). The molecule has 1 aliphatic carbocycles. The van der Waals surface area contributed by atoms with Crippen molar-refractivity contribution in [3.63, 3.8) is 0 Å². The number of hydrogen-bond donors (Lipinski definition) is 3. The molecule has 4 saturated heterocycles. The Balaban J connectivity index is 0.751. The number of phenolic OH excluding ortho intramolecular Hbond substituents is 1. The number of rotatable bonds is 10. The van der Waals surface area contributed by atoms with Crippen molar-refractivity contribution >= 4 is 46.1 Å². The number of ether oxygens (including phenoxy) is 1. The van der Waals surface area contributed by atoms with Crippen LogP contribution in [0, 0.1) is 6.92 Å². The number of aryl methyl sites for hydroxylation is 1. The lowest BCUT2D eigenvalue weighted by atomic mass is 9.85. The minimum Gasteiger partial charge on any atom is -0.507 e. The van der Waals surface area contributed by atoms with Crippen molar-refractivity contribution in [3.8, 4) is 17.0 Å². The molecule has 5 fully saturated rings. The third-order valence-electron chi connectivity index (χ3n) is 14.5. The van der Waals surface area contributed by atoms with E-state index in [4.69, 9.17) is 15.5 Å². The maximum Gasteiger partial charge on any atom is 0.328 e. The van der Waals surface area contributed by atoms with Crippen molar-refractivity contribution in [3.05, 3.63) is 89.2 Å². The van der Waals surface area contributed by atoms with E-state index in [0.29, 0.717) is 86.4 Å². The van der Waals surface area contributed by atoms with E-state index >= 15 is 4.39 Å². The zero-order valence-electron chi connectivity index (χ0n) is 37.1. The van der Waals surface area contributed by atoms with E-state index in [2.05, 4.69) is 42.1 Å². The Morgan fingerprint density at radius 2 is 1.74 bits per heavy atom. The number of phenols is 1. The van der Waals surface area contributed by atoms with Crippen LogP contribution in [0.3, 0.4) is 0 Å². The van der Waals surface area contributed by atoms with Gasteiger partial charge in [-0.3, -0.25) is 19.8 Å². The Hall–Kier alpha value is -6.13. The second-order valence-electron chi connectivity index (χ2n) is 18.8. The third kappa shape index (κ3) is 8.61. The SMILES string of the molecule is CO[C@@H]1C[C@H](c2ccc(C(=O)N3CCC(F)(CN4CCC(n5cc(C6CC6)c6cc(N7CCC(=O)NC7=O)cnc65)CC4)CC3)cc2C)CN(c2cc(-c3ccccc3O)nnc2N)C1. The monoisotopic (exact) mass is 884 g/mol. The smallest absolute Gasteiger partial charge is 0.328 e. The van der Waals surface area contributed by atoms with Crippen molar-refractivity contribution < 1.29 is 28.6 Å². The number of alkyl halides is 1. The number of methoxy groups -OCH3 is 1. The van der Waals surface area contributed by atoms with Crippen LogP contribution in [-0.4, -0.2) is 124 Å². The summed E-state index contributed by atoms with van der Waals surface area (Å²) in [5, 5.41) is 22.5. The number of aromatic hydroxyl groups is 1. The van der Waals surface area contributed by atoms with Crippen LogP contribution in [0.25, 0.3) is 22.3 Å². The number of nitrogens with two attached hydrogens (primary N) is 1. The summed E-state index contributed by atoms with van der Waals surface area (Å²) in [5.41, 5.74) is 12.5. The number of nitrogens with one attached hydrogen (secondary N) is 1. The number of piperidine rings is 3. The van der Waals surface area contributed by atoms with Gasteiger partial charge < -0.3 is 34.8 Å². The maximum atomic E-state index is 16.6. The van der Waals surface area contributed by atoms with E-state index in [1.807, 2.05) is 37.3 Å². The molecule has 15 nitrogen and oxygen atoms in total. The van der Waals surface area contributed by atoms with Crippen LogP contribution in [0.5, 0.6) is 5.75 Å². The van der Waals surface area contributed by atoms with Crippen molar-refractivity contribution in [2.75, 3.05) is 75.0 Å². The van der Waals surface area contributed by atoms with E-state index in [1.54, 1.807) is 41.3 Å². The first-order valence-corrected chi connectivity index (χ1v) is 23.1. The van der Waals surface area contributed by atoms with Crippen LogP contribution in [-0.2, 0) is 9.53 Å². The number of carbonyl (C=O) groups is 3. The van der Waals surface area contributed by atoms with E-state index in [0.717, 1.165) is 73.0 Å². The zero-order valence-corrected chi connectivity index (χ0v) is 37.1. The number of anilines is 3. The predicted octanol–water partition coefficient (Wildman–Crippen LogP) is 6.70. The molecule has 65 heavy (non-hydrogen) atoms. The number of likely N-dealkylation sites (tertiary alicyclic amines) is 2. The third-order valence-corrected chi connectivity index (χ3v) is 14.5. The van der Waals surface area contributed by atoms with Crippen molar-refractivity contribution in [2.24, 2.45) is 0 Å². The summed E-state index contributed by atoms with van der Waals surface area (Å²) in [6.45, 7) is 6.29. The van der Waals surface area contributed by atoms with Crippen LogP contribution >= 0.6 is 0 Å². The Morgan fingerprint density at radius 1 is 0.954 bits per heavy atom. The average Bonchev–Trinajstić information content (AvgIpc) is 4.09. The van der Waals surface area contributed by atoms with Crippen molar-refractivity contribution in [2.45, 2.75) is 87.9 Å². The van der Waals surface area contributed by atoms with Gasteiger partial charge in [-0.25, -0.2) is 14.2 Å². The molecule has 5 aliphatic rings. The van der Waals surface area contributed by atoms with Crippen LogP contribution in [0.15, 0.2) is 67.0 Å². The highest BCUT2D eigenvalue weighted by Gasteiger charge is 2.40. The Labute approximate surface area is 377 Å². The highest BCUT2D eigenvalue weighted by Crippen LogP contribution is 2.46. The molecule has 2 atom stereocenters. The number of urea groups is 1. The number of imide groups is 1. The fourth-order valence-electron chi connectivity index (χ4n) is 10.7. The molecule has 7 heterocycles. The summed E-state index contributed by atoms with van der Waals surface area (Å²) in [7, 11) is 1.71. The number of pyridine rings is 1. The summed E-state index contributed by atoms with van der Waals surface area (Å²) in [6, 6.07) is 16.7.